The van der Waals surface area contributed by atoms with E-state index >= 15 is 0 Å². The number of hydrogen-bond acceptors (Lipinski definition) is 0. The van der Waals surface area contributed by atoms with Gasteiger partial charge in [-0.1, -0.05) is 78.7 Å². The second-order valence-electron chi connectivity index (χ2n) is 9.25. The zero-order valence-corrected chi connectivity index (χ0v) is 25.9. The third kappa shape index (κ3) is 8.18. The van der Waals surface area contributed by atoms with E-state index in [1.54, 1.807) is 0 Å². The van der Waals surface area contributed by atoms with Crippen molar-refractivity contribution in [1.29, 1.82) is 0 Å². The SMILES string of the molecule is CCc1cc2ccccc2[cH-]1.C[Si](C)=[Ti+2].Cc1cc(-c2cc3ccccc3[cH-]2)c2ccccc2c1.[Cl-].[Cl-]. The first-order valence-corrected chi connectivity index (χ1v) is 17.1. The van der Waals surface area contributed by atoms with Crippen LogP contribution in [0.1, 0.15) is 18.1 Å². The molecule has 0 heterocycles. The summed E-state index contributed by atoms with van der Waals surface area (Å²) >= 11 is 2.27. The molecule has 6 aromatic rings. The van der Waals surface area contributed by atoms with Crippen molar-refractivity contribution >= 4 is 38.5 Å². The molecule has 6 aromatic carbocycles. The quantitative estimate of drug-likeness (QED) is 0.219. The van der Waals surface area contributed by atoms with Gasteiger partial charge in [0.15, 0.2) is 0 Å². The largest absolute Gasteiger partial charge is 1.00 e. The molecule has 0 spiro atoms. The third-order valence-corrected chi connectivity index (χ3v) is 6.02. The van der Waals surface area contributed by atoms with Crippen LogP contribution in [0.5, 0.6) is 0 Å². The van der Waals surface area contributed by atoms with Gasteiger partial charge in [-0.15, -0.1) is 75.1 Å². The summed E-state index contributed by atoms with van der Waals surface area (Å²) in [6, 6.07) is 39.3. The summed E-state index contributed by atoms with van der Waals surface area (Å²) in [5.41, 5.74) is 5.39. The Morgan fingerprint density at radius 3 is 1.76 bits per heavy atom. The molecule has 0 N–H and O–H groups in total. The van der Waals surface area contributed by atoms with Crippen LogP contribution < -0.4 is 24.8 Å². The molecule has 37 heavy (non-hydrogen) atoms. The fraction of sp³-hybridized carbons (Fsp3) is 0.152. The van der Waals surface area contributed by atoms with Crippen molar-refractivity contribution in [3.8, 4) is 11.1 Å². The summed E-state index contributed by atoms with van der Waals surface area (Å²) in [6.45, 7) is 8.89. The van der Waals surface area contributed by atoms with Gasteiger partial charge in [0.25, 0.3) is 0 Å². The number of benzene rings is 4. The number of halogens is 2. The summed E-state index contributed by atoms with van der Waals surface area (Å²) in [4.78, 5) is 0. The van der Waals surface area contributed by atoms with Crippen LogP contribution in [0.2, 0.25) is 13.1 Å². The number of fused-ring (bicyclic) bond motifs is 3. The smallest absolute Gasteiger partial charge is 0.0250 e. The molecule has 0 atom stereocenters. The molecule has 0 bridgehead atoms. The zero-order valence-electron chi connectivity index (χ0n) is 21.9. The van der Waals surface area contributed by atoms with Crippen LogP contribution in [0.3, 0.4) is 0 Å². The molecule has 0 aliphatic heterocycles. The summed E-state index contributed by atoms with van der Waals surface area (Å²) < 4.78 is 0. The molecule has 0 amide bonds. The van der Waals surface area contributed by atoms with Gasteiger partial charge in [-0.25, -0.2) is 0 Å². The minimum atomic E-state index is 0. The molecule has 188 valence electrons. The van der Waals surface area contributed by atoms with E-state index in [2.05, 4.69) is 155 Å². The molecular formula is C33H32Cl2SiTi-2. The minimum absolute atomic E-state index is 0. The van der Waals surface area contributed by atoms with Gasteiger partial charge in [0.2, 0.25) is 0 Å². The van der Waals surface area contributed by atoms with Crippen molar-refractivity contribution in [3.63, 3.8) is 0 Å². The second-order valence-corrected chi connectivity index (χ2v) is 15.9. The maximum atomic E-state index is 2.29. The molecule has 0 aromatic heterocycles. The maximum absolute atomic E-state index is 2.29. The molecule has 6 rings (SSSR count). The Hall–Kier alpha value is -2.13. The number of hydrogen-bond donors (Lipinski definition) is 0. The van der Waals surface area contributed by atoms with Crippen LogP contribution in [-0.2, 0) is 25.6 Å². The van der Waals surface area contributed by atoms with E-state index < -0.39 is 0 Å². The molecule has 0 aliphatic carbocycles. The van der Waals surface area contributed by atoms with Gasteiger partial charge >= 0.3 is 38.5 Å². The Morgan fingerprint density at radius 1 is 0.676 bits per heavy atom. The minimum Gasteiger partial charge on any atom is -1.00 e. The van der Waals surface area contributed by atoms with Gasteiger partial charge in [0.05, 0.1) is 0 Å². The van der Waals surface area contributed by atoms with Gasteiger partial charge in [-0.3, -0.25) is 0 Å². The molecule has 0 radical (unpaired) electrons. The van der Waals surface area contributed by atoms with Gasteiger partial charge in [0.1, 0.15) is 0 Å². The Morgan fingerprint density at radius 2 is 1.19 bits per heavy atom. The van der Waals surface area contributed by atoms with E-state index in [0.29, 0.717) is 0 Å². The summed E-state index contributed by atoms with van der Waals surface area (Å²) in [7, 11) is 0. The van der Waals surface area contributed by atoms with Crippen molar-refractivity contribution in [1.82, 2.24) is 0 Å². The van der Waals surface area contributed by atoms with E-state index in [4.69, 9.17) is 0 Å². The van der Waals surface area contributed by atoms with Crippen molar-refractivity contribution in [3.05, 3.63) is 120 Å². The Kier molecular flexibility index (Phi) is 12.4. The van der Waals surface area contributed by atoms with Crippen LogP contribution in [0.4, 0.5) is 0 Å². The van der Waals surface area contributed by atoms with E-state index in [0.717, 1.165) is 6.42 Å². The van der Waals surface area contributed by atoms with Gasteiger partial charge in [-0.05, 0) is 24.1 Å². The average molecular weight is 575 g/mol. The Labute approximate surface area is 245 Å². The predicted molar refractivity (Wildman–Crippen MR) is 154 cm³/mol. The van der Waals surface area contributed by atoms with E-state index in [-0.39, 0.29) is 31.0 Å². The first-order chi connectivity index (χ1) is 16.9. The second kappa shape index (κ2) is 14.7. The standard InChI is InChI=1S/C20H15.C11H11.C2H6Si.2ClH.Ti/c1-14-10-17-8-4-5-9-19(17)20(11-14)18-12-15-6-2-3-7-16(15)13-18;1-2-9-7-10-5-3-4-6-11(10)8-9;1-3-2;;;/h2-13H,1H3;3-8H,2H2,1H3;1-2H3;2*1H;/q2*-1;;;;+2/p-2. The molecule has 0 saturated carbocycles. The first-order valence-electron chi connectivity index (χ1n) is 12.3. The van der Waals surface area contributed by atoms with Gasteiger partial charge < -0.3 is 24.8 Å². The van der Waals surface area contributed by atoms with Crippen LogP contribution >= 0.6 is 0 Å². The van der Waals surface area contributed by atoms with E-state index in [9.17, 15) is 0 Å². The number of rotatable bonds is 2. The molecule has 0 fully saturated rings. The summed E-state index contributed by atoms with van der Waals surface area (Å²) in [6.07, 6.45) is 1.25. The van der Waals surface area contributed by atoms with Crippen molar-refractivity contribution in [2.24, 2.45) is 0 Å². The maximum Gasteiger partial charge on any atom is -0.0250 e. The predicted octanol–water partition coefficient (Wildman–Crippen LogP) is 3.60. The van der Waals surface area contributed by atoms with Crippen LogP contribution in [-0.4, -0.2) is 6.19 Å². The zero-order chi connectivity index (χ0) is 24.8. The van der Waals surface area contributed by atoms with Gasteiger partial charge in [0, 0.05) is 0 Å². The molecule has 0 saturated heterocycles. The van der Waals surface area contributed by atoms with Crippen LogP contribution in [0, 0.1) is 6.92 Å². The number of aryl methyl sites for hydroxylation is 2. The molecular weight excluding hydrogens is 543 g/mol. The molecule has 0 unspecified atom stereocenters. The Bertz CT molecular complexity index is 1520. The molecule has 4 heteroatoms. The Balaban J connectivity index is 0.000000241. The van der Waals surface area contributed by atoms with Crippen LogP contribution in [0.25, 0.3) is 43.4 Å². The van der Waals surface area contributed by atoms with Crippen molar-refractivity contribution < 1.29 is 44.0 Å². The summed E-state index contributed by atoms with van der Waals surface area (Å²) in [5.74, 6) is 0. The molecule has 0 nitrogen and oxygen atoms in total. The average Bonchev–Trinajstić information content (AvgIpc) is 3.47. The third-order valence-electron chi connectivity index (χ3n) is 6.02. The fourth-order valence-corrected chi connectivity index (χ4v) is 4.42. The van der Waals surface area contributed by atoms with Crippen molar-refractivity contribution in [2.75, 3.05) is 0 Å². The monoisotopic (exact) mass is 574 g/mol. The fourth-order valence-electron chi connectivity index (χ4n) is 4.42. The van der Waals surface area contributed by atoms with Crippen LogP contribution in [0.15, 0.2) is 109 Å². The topological polar surface area (TPSA) is 0 Å². The van der Waals surface area contributed by atoms with Crippen molar-refractivity contribution in [2.45, 2.75) is 33.4 Å². The van der Waals surface area contributed by atoms with Gasteiger partial charge in [-0.2, -0.15) is 6.07 Å². The molecule has 0 aliphatic rings. The normalized spacial score (nSPS) is 10.0. The van der Waals surface area contributed by atoms with E-state index in [1.807, 2.05) is 0 Å². The van der Waals surface area contributed by atoms with E-state index in [1.165, 1.54) is 54.6 Å². The summed E-state index contributed by atoms with van der Waals surface area (Å²) in [5, 5.41) is 8.00. The first kappa shape index (κ1) is 31.1.